The molecule has 0 amide bonds. The fourth-order valence-electron chi connectivity index (χ4n) is 1.05. The lowest BCUT2D eigenvalue weighted by Gasteiger charge is -2.01. The quantitative estimate of drug-likeness (QED) is 0.463. The van der Waals surface area contributed by atoms with Gasteiger partial charge in [0.2, 0.25) is 0 Å². The predicted octanol–water partition coefficient (Wildman–Crippen LogP) is 2.36. The molecule has 0 fully saturated rings. The van der Waals surface area contributed by atoms with Gasteiger partial charge in [0.25, 0.3) is 0 Å². The third-order valence-electron chi connectivity index (χ3n) is 1.86. The first kappa shape index (κ1) is 12.7. The summed E-state index contributed by atoms with van der Waals surface area (Å²) in [7, 11) is 1.76. The van der Waals surface area contributed by atoms with Crippen molar-refractivity contribution in [1.82, 2.24) is 5.32 Å². The van der Waals surface area contributed by atoms with Gasteiger partial charge in [-0.3, -0.25) is 0 Å². The molecule has 0 heterocycles. The molecule has 0 rings (SSSR count). The summed E-state index contributed by atoms with van der Waals surface area (Å²) in [5.41, 5.74) is 1.38. The van der Waals surface area contributed by atoms with Crippen LogP contribution in [0, 0.1) is 0 Å². The molecule has 0 aliphatic rings. The smallest absolute Gasteiger partial charge is 0.0462 e. The van der Waals surface area contributed by atoms with E-state index in [-0.39, 0.29) is 0 Å². The van der Waals surface area contributed by atoms with E-state index in [9.17, 15) is 0 Å². The van der Waals surface area contributed by atoms with E-state index in [1.165, 1.54) is 24.8 Å². The second-order valence-electron chi connectivity index (χ2n) is 3.54. The van der Waals surface area contributed by atoms with E-state index in [0.29, 0.717) is 0 Å². The van der Waals surface area contributed by atoms with Crippen LogP contribution >= 0.6 is 0 Å². The van der Waals surface area contributed by atoms with E-state index in [2.05, 4.69) is 25.2 Å². The zero-order valence-corrected chi connectivity index (χ0v) is 9.23. The average molecular weight is 185 g/mol. The van der Waals surface area contributed by atoms with Crippen molar-refractivity contribution >= 4 is 0 Å². The van der Waals surface area contributed by atoms with E-state index >= 15 is 0 Å². The van der Waals surface area contributed by atoms with Crippen molar-refractivity contribution in [3.63, 3.8) is 0 Å². The van der Waals surface area contributed by atoms with Crippen molar-refractivity contribution in [3.05, 3.63) is 11.6 Å². The van der Waals surface area contributed by atoms with Crippen LogP contribution in [0.15, 0.2) is 11.6 Å². The van der Waals surface area contributed by atoms with Crippen molar-refractivity contribution in [2.75, 3.05) is 26.8 Å². The minimum Gasteiger partial charge on any atom is -0.385 e. The first-order valence-corrected chi connectivity index (χ1v) is 5.10. The highest BCUT2D eigenvalue weighted by molar-refractivity contribution is 4.94. The molecule has 0 aromatic heterocycles. The zero-order chi connectivity index (χ0) is 9.94. The minimum absolute atomic E-state index is 0.897. The second-order valence-corrected chi connectivity index (χ2v) is 3.54. The van der Waals surface area contributed by atoms with Gasteiger partial charge >= 0.3 is 0 Å². The number of unbranched alkanes of at least 4 members (excludes halogenated alkanes) is 2. The van der Waals surface area contributed by atoms with Crippen LogP contribution in [0.4, 0.5) is 0 Å². The summed E-state index contributed by atoms with van der Waals surface area (Å²) in [5.74, 6) is 0. The molecular formula is C11H23NO. The summed E-state index contributed by atoms with van der Waals surface area (Å²) in [5, 5.41) is 3.38. The van der Waals surface area contributed by atoms with Crippen molar-refractivity contribution in [3.8, 4) is 0 Å². The fraction of sp³-hybridized carbons (Fsp3) is 0.818. The van der Waals surface area contributed by atoms with Gasteiger partial charge in [-0.2, -0.15) is 0 Å². The van der Waals surface area contributed by atoms with Crippen molar-refractivity contribution in [2.24, 2.45) is 0 Å². The number of allylic oxidation sites excluding steroid dienone is 1. The van der Waals surface area contributed by atoms with Gasteiger partial charge in [0.1, 0.15) is 0 Å². The number of hydrogen-bond donors (Lipinski definition) is 1. The van der Waals surface area contributed by atoms with Gasteiger partial charge in [0, 0.05) is 20.3 Å². The Morgan fingerprint density at radius 3 is 2.62 bits per heavy atom. The Labute approximate surface area is 82.4 Å². The molecule has 13 heavy (non-hydrogen) atoms. The Balaban J connectivity index is 2.96. The van der Waals surface area contributed by atoms with Gasteiger partial charge in [0.15, 0.2) is 0 Å². The molecule has 0 atom stereocenters. The molecule has 0 bridgehead atoms. The molecule has 0 aliphatic heterocycles. The van der Waals surface area contributed by atoms with Gasteiger partial charge in [-0.25, -0.2) is 0 Å². The topological polar surface area (TPSA) is 21.3 Å². The van der Waals surface area contributed by atoms with E-state index < -0.39 is 0 Å². The Kier molecular flexibility index (Phi) is 9.49. The lowest BCUT2D eigenvalue weighted by atomic mass is 10.2. The normalized spacial score (nSPS) is 10.1. The highest BCUT2D eigenvalue weighted by Crippen LogP contribution is 1.93. The standard InChI is InChI=1S/C11H23NO/c1-11(2)7-9-12-8-5-4-6-10-13-3/h7,12H,4-6,8-10H2,1-3H3. The van der Waals surface area contributed by atoms with Gasteiger partial charge in [-0.1, -0.05) is 11.6 Å². The van der Waals surface area contributed by atoms with Crippen LogP contribution in [-0.4, -0.2) is 26.8 Å². The molecule has 0 saturated heterocycles. The van der Waals surface area contributed by atoms with Crippen LogP contribution in [0.25, 0.3) is 0 Å². The van der Waals surface area contributed by atoms with Gasteiger partial charge < -0.3 is 10.1 Å². The third-order valence-corrected chi connectivity index (χ3v) is 1.86. The van der Waals surface area contributed by atoms with E-state index in [1.54, 1.807) is 7.11 Å². The number of ether oxygens (including phenoxy) is 1. The fourth-order valence-corrected chi connectivity index (χ4v) is 1.05. The highest BCUT2D eigenvalue weighted by Gasteiger charge is 1.88. The molecular weight excluding hydrogens is 162 g/mol. The zero-order valence-electron chi connectivity index (χ0n) is 9.23. The van der Waals surface area contributed by atoms with Crippen molar-refractivity contribution < 1.29 is 4.74 Å². The minimum atomic E-state index is 0.897. The van der Waals surface area contributed by atoms with Crippen molar-refractivity contribution in [2.45, 2.75) is 33.1 Å². The number of methoxy groups -OCH3 is 1. The Morgan fingerprint density at radius 1 is 1.23 bits per heavy atom. The van der Waals surface area contributed by atoms with Crippen LogP contribution in [0.1, 0.15) is 33.1 Å². The molecule has 0 spiro atoms. The maximum Gasteiger partial charge on any atom is 0.0462 e. The maximum atomic E-state index is 4.97. The molecule has 0 radical (unpaired) electrons. The largest absolute Gasteiger partial charge is 0.385 e. The SMILES string of the molecule is COCCCCCNCC=C(C)C. The van der Waals surface area contributed by atoms with E-state index in [4.69, 9.17) is 4.74 Å². The molecule has 0 saturated carbocycles. The molecule has 78 valence electrons. The molecule has 0 aliphatic carbocycles. The van der Waals surface area contributed by atoms with Gasteiger partial charge in [-0.05, 0) is 39.7 Å². The first-order valence-electron chi connectivity index (χ1n) is 5.10. The maximum absolute atomic E-state index is 4.97. The lowest BCUT2D eigenvalue weighted by molar-refractivity contribution is 0.192. The number of rotatable bonds is 8. The van der Waals surface area contributed by atoms with E-state index in [0.717, 1.165) is 19.7 Å². The summed E-state index contributed by atoms with van der Waals surface area (Å²) in [6, 6.07) is 0. The molecule has 2 heteroatoms. The van der Waals surface area contributed by atoms with Crippen LogP contribution in [0.2, 0.25) is 0 Å². The summed E-state index contributed by atoms with van der Waals surface area (Å²) in [6.07, 6.45) is 5.91. The monoisotopic (exact) mass is 185 g/mol. The number of hydrogen-bond acceptors (Lipinski definition) is 2. The van der Waals surface area contributed by atoms with Crippen LogP contribution in [0.3, 0.4) is 0 Å². The lowest BCUT2D eigenvalue weighted by Crippen LogP contribution is -2.15. The highest BCUT2D eigenvalue weighted by atomic mass is 16.5. The Bertz CT molecular complexity index is 128. The molecule has 2 nitrogen and oxygen atoms in total. The van der Waals surface area contributed by atoms with Gasteiger partial charge in [-0.15, -0.1) is 0 Å². The molecule has 1 N–H and O–H groups in total. The summed E-state index contributed by atoms with van der Waals surface area (Å²) in [4.78, 5) is 0. The van der Waals surface area contributed by atoms with Gasteiger partial charge in [0.05, 0.1) is 0 Å². The van der Waals surface area contributed by atoms with Crippen LogP contribution < -0.4 is 5.32 Å². The van der Waals surface area contributed by atoms with Crippen LogP contribution in [-0.2, 0) is 4.74 Å². The Hall–Kier alpha value is -0.340. The Morgan fingerprint density at radius 2 is 2.00 bits per heavy atom. The number of nitrogens with one attached hydrogen (secondary N) is 1. The van der Waals surface area contributed by atoms with Crippen LogP contribution in [0.5, 0.6) is 0 Å². The summed E-state index contributed by atoms with van der Waals surface area (Å²) in [6.45, 7) is 7.27. The molecule has 0 aromatic carbocycles. The average Bonchev–Trinajstić information content (AvgIpc) is 2.09. The molecule has 0 unspecified atom stereocenters. The second kappa shape index (κ2) is 9.75. The summed E-state index contributed by atoms with van der Waals surface area (Å²) >= 11 is 0. The predicted molar refractivity (Wildman–Crippen MR) is 58.0 cm³/mol. The first-order chi connectivity index (χ1) is 6.27. The molecule has 0 aromatic rings. The van der Waals surface area contributed by atoms with E-state index in [1.807, 2.05) is 0 Å². The summed E-state index contributed by atoms with van der Waals surface area (Å²) < 4.78 is 4.97. The third kappa shape index (κ3) is 11.7. The van der Waals surface area contributed by atoms with Crippen molar-refractivity contribution in [1.29, 1.82) is 0 Å².